The molecule has 4 nitrogen and oxygen atoms in total. The Bertz CT molecular complexity index is 579. The highest BCUT2D eigenvalue weighted by molar-refractivity contribution is 7.15. The van der Waals surface area contributed by atoms with Crippen molar-refractivity contribution < 1.29 is 4.74 Å². The molecule has 0 bridgehead atoms. The first-order valence-corrected chi connectivity index (χ1v) is 7.60. The van der Waals surface area contributed by atoms with Gasteiger partial charge in [-0.1, -0.05) is 18.2 Å². The number of para-hydroxylation sites is 1. The summed E-state index contributed by atoms with van der Waals surface area (Å²) in [5.41, 5.74) is 6.98. The molecule has 0 aliphatic carbocycles. The molecule has 0 fully saturated rings. The molecular weight excluding hydrogens is 306 g/mol. The largest absolute Gasteiger partial charge is 0.488 e. The average Bonchev–Trinajstić information content (AvgIpc) is 3.03. The van der Waals surface area contributed by atoms with E-state index in [4.69, 9.17) is 10.5 Å². The van der Waals surface area contributed by atoms with Crippen molar-refractivity contribution in [1.29, 1.82) is 0 Å². The Morgan fingerprint density at radius 3 is 2.90 bits per heavy atom. The number of hydrogen-bond acceptors (Lipinski definition) is 5. The summed E-state index contributed by atoms with van der Waals surface area (Å²) in [5, 5.41) is 0.630. The predicted octanol–water partition coefficient (Wildman–Crippen LogP) is 2.97. The number of anilines is 1. The Balaban J connectivity index is 0.00000161. The van der Waals surface area contributed by atoms with Gasteiger partial charge in [-0.3, -0.25) is 4.90 Å². The van der Waals surface area contributed by atoms with Crippen molar-refractivity contribution >= 4 is 28.9 Å². The molecule has 21 heavy (non-hydrogen) atoms. The van der Waals surface area contributed by atoms with E-state index in [1.807, 2.05) is 18.3 Å². The summed E-state index contributed by atoms with van der Waals surface area (Å²) >= 11 is 1.55. The number of nitrogens with zero attached hydrogens (tertiary/aromatic N) is 2. The number of benzene rings is 1. The first-order valence-electron chi connectivity index (χ1n) is 6.78. The van der Waals surface area contributed by atoms with Crippen LogP contribution in [0.5, 0.6) is 5.75 Å². The molecule has 6 heteroatoms. The van der Waals surface area contributed by atoms with E-state index in [0.29, 0.717) is 11.2 Å². The molecule has 1 aromatic carbocycles. The van der Waals surface area contributed by atoms with Crippen LogP contribution in [0.3, 0.4) is 0 Å². The van der Waals surface area contributed by atoms with Crippen molar-refractivity contribution in [2.24, 2.45) is 0 Å². The Kier molecular flexibility index (Phi) is 5.08. The lowest BCUT2D eigenvalue weighted by Crippen LogP contribution is -2.40. The van der Waals surface area contributed by atoms with Crippen LogP contribution in [0.4, 0.5) is 5.13 Å². The number of nitrogen functional groups attached to an aromatic ring is 1. The lowest BCUT2D eigenvalue weighted by molar-refractivity contribution is 0.105. The summed E-state index contributed by atoms with van der Waals surface area (Å²) in [4.78, 5) is 7.58. The quantitative estimate of drug-likeness (QED) is 0.939. The molecule has 0 saturated carbocycles. The highest BCUT2D eigenvalue weighted by Gasteiger charge is 2.29. The van der Waals surface area contributed by atoms with E-state index in [1.54, 1.807) is 11.3 Å². The minimum Gasteiger partial charge on any atom is -0.488 e. The third-order valence-electron chi connectivity index (χ3n) is 3.88. The van der Waals surface area contributed by atoms with Gasteiger partial charge in [-0.05, 0) is 25.6 Å². The van der Waals surface area contributed by atoms with Gasteiger partial charge in [0.2, 0.25) is 0 Å². The zero-order chi connectivity index (χ0) is 14.1. The number of rotatable bonds is 4. The highest BCUT2D eigenvalue weighted by atomic mass is 35.5. The number of likely N-dealkylation sites (N-methyl/N-ethyl adjacent to an activating group) is 1. The van der Waals surface area contributed by atoms with Gasteiger partial charge in [0.25, 0.3) is 0 Å². The van der Waals surface area contributed by atoms with Gasteiger partial charge in [0.05, 0.1) is 0 Å². The normalized spacial score (nSPS) is 18.0. The van der Waals surface area contributed by atoms with Crippen LogP contribution in [0.15, 0.2) is 30.5 Å². The Morgan fingerprint density at radius 1 is 1.48 bits per heavy atom. The van der Waals surface area contributed by atoms with E-state index in [1.165, 1.54) is 10.4 Å². The van der Waals surface area contributed by atoms with Gasteiger partial charge >= 0.3 is 0 Å². The summed E-state index contributed by atoms with van der Waals surface area (Å²) in [7, 11) is 2.12. The molecule has 0 amide bonds. The zero-order valence-electron chi connectivity index (χ0n) is 12.2. The van der Waals surface area contributed by atoms with E-state index in [9.17, 15) is 0 Å². The third kappa shape index (κ3) is 3.48. The van der Waals surface area contributed by atoms with Crippen LogP contribution in [0, 0.1) is 0 Å². The lowest BCUT2D eigenvalue weighted by atomic mass is 10.0. The number of aromatic nitrogens is 1. The van der Waals surface area contributed by atoms with E-state index < -0.39 is 0 Å². The molecule has 1 aliphatic heterocycles. The van der Waals surface area contributed by atoms with Gasteiger partial charge in [0.15, 0.2) is 5.13 Å². The van der Waals surface area contributed by atoms with Gasteiger partial charge in [-0.25, -0.2) is 4.98 Å². The van der Waals surface area contributed by atoms with Crippen molar-refractivity contribution in [3.63, 3.8) is 0 Å². The second kappa shape index (κ2) is 6.64. The van der Waals surface area contributed by atoms with Gasteiger partial charge in [0, 0.05) is 30.1 Å². The van der Waals surface area contributed by atoms with E-state index >= 15 is 0 Å². The fraction of sp³-hybridized carbons (Fsp3) is 0.400. The minimum atomic E-state index is 0. The number of ether oxygens (including phenoxy) is 1. The van der Waals surface area contributed by atoms with Crippen molar-refractivity contribution in [2.75, 3.05) is 12.8 Å². The van der Waals surface area contributed by atoms with Crippen LogP contribution in [-0.2, 0) is 13.0 Å². The first kappa shape index (κ1) is 16.1. The number of halogens is 1. The number of nitrogens with two attached hydrogens (primary N) is 1. The molecule has 0 spiro atoms. The maximum atomic E-state index is 6.05. The second-order valence-corrected chi connectivity index (χ2v) is 6.44. The maximum absolute atomic E-state index is 6.05. The summed E-state index contributed by atoms with van der Waals surface area (Å²) in [5.74, 6) is 1.03. The molecule has 0 saturated heterocycles. The molecule has 2 N–H and O–H groups in total. The molecule has 3 rings (SSSR count). The van der Waals surface area contributed by atoms with Crippen molar-refractivity contribution in [3.8, 4) is 5.75 Å². The van der Waals surface area contributed by atoms with Crippen LogP contribution in [0.2, 0.25) is 0 Å². The molecule has 2 unspecified atom stereocenters. The van der Waals surface area contributed by atoms with Crippen LogP contribution in [-0.4, -0.2) is 29.1 Å². The lowest BCUT2D eigenvalue weighted by Gasteiger charge is -2.28. The predicted molar refractivity (Wildman–Crippen MR) is 89.3 cm³/mol. The fourth-order valence-electron chi connectivity index (χ4n) is 2.55. The molecule has 0 radical (unpaired) electrons. The van der Waals surface area contributed by atoms with Crippen molar-refractivity contribution in [3.05, 3.63) is 40.9 Å². The smallest absolute Gasteiger partial charge is 0.180 e. The number of thiazole rings is 1. The standard InChI is InChI=1S/C15H19N3OS.ClH/c1-10(18(2)9-12-8-17-15(16)20-12)14-7-11-5-3-4-6-13(11)19-14;/h3-6,8,10,14H,7,9H2,1-2H3,(H2,16,17);1H. The average molecular weight is 326 g/mol. The fourth-order valence-corrected chi connectivity index (χ4v) is 3.29. The molecule has 2 aromatic rings. The van der Waals surface area contributed by atoms with E-state index in [0.717, 1.165) is 18.7 Å². The SMILES string of the molecule is CC(C1Cc2ccccc2O1)N(C)Cc1cnc(N)s1.Cl. The van der Waals surface area contributed by atoms with Gasteiger partial charge in [-0.15, -0.1) is 23.7 Å². The monoisotopic (exact) mass is 325 g/mol. The Morgan fingerprint density at radius 2 is 2.24 bits per heavy atom. The second-order valence-electron chi connectivity index (χ2n) is 5.29. The zero-order valence-corrected chi connectivity index (χ0v) is 13.8. The van der Waals surface area contributed by atoms with Crippen LogP contribution < -0.4 is 10.5 Å². The first-order chi connectivity index (χ1) is 9.63. The molecule has 1 aliphatic rings. The molecule has 2 heterocycles. The Labute approximate surface area is 135 Å². The van der Waals surface area contributed by atoms with E-state index in [-0.39, 0.29) is 18.5 Å². The van der Waals surface area contributed by atoms with Crippen molar-refractivity contribution in [1.82, 2.24) is 9.88 Å². The van der Waals surface area contributed by atoms with Crippen LogP contribution >= 0.6 is 23.7 Å². The molecule has 2 atom stereocenters. The summed E-state index contributed by atoms with van der Waals surface area (Å²) in [6.45, 7) is 3.06. The summed E-state index contributed by atoms with van der Waals surface area (Å²) < 4.78 is 6.05. The summed E-state index contributed by atoms with van der Waals surface area (Å²) in [6, 6.07) is 8.62. The maximum Gasteiger partial charge on any atom is 0.180 e. The molecular formula is C15H20ClN3OS. The van der Waals surface area contributed by atoms with Gasteiger partial charge in [0.1, 0.15) is 11.9 Å². The number of hydrogen-bond donors (Lipinski definition) is 1. The topological polar surface area (TPSA) is 51.4 Å². The number of fused-ring (bicyclic) bond motifs is 1. The highest BCUT2D eigenvalue weighted by Crippen LogP contribution is 2.31. The Hall–Kier alpha value is -1.30. The van der Waals surface area contributed by atoms with Gasteiger partial charge < -0.3 is 10.5 Å². The third-order valence-corrected chi connectivity index (χ3v) is 4.69. The summed E-state index contributed by atoms with van der Waals surface area (Å²) in [6.07, 6.45) is 3.04. The molecule has 114 valence electrons. The van der Waals surface area contributed by atoms with Crippen LogP contribution in [0.25, 0.3) is 0 Å². The van der Waals surface area contributed by atoms with Gasteiger partial charge in [-0.2, -0.15) is 0 Å². The molecule has 1 aromatic heterocycles. The minimum absolute atomic E-state index is 0. The van der Waals surface area contributed by atoms with Crippen LogP contribution in [0.1, 0.15) is 17.4 Å². The van der Waals surface area contributed by atoms with E-state index in [2.05, 4.69) is 36.0 Å². The van der Waals surface area contributed by atoms with Crippen molar-refractivity contribution in [2.45, 2.75) is 32.0 Å².